The van der Waals surface area contributed by atoms with Crippen LogP contribution < -0.4 is 5.73 Å². The summed E-state index contributed by atoms with van der Waals surface area (Å²) in [6.45, 7) is 4.71. The topological polar surface area (TPSA) is 46.3 Å². The van der Waals surface area contributed by atoms with E-state index in [0.29, 0.717) is 5.57 Å². The monoisotopic (exact) mass is 154 g/mol. The molecule has 1 aliphatic rings. The van der Waals surface area contributed by atoms with Crippen LogP contribution in [0.5, 0.6) is 0 Å². The van der Waals surface area contributed by atoms with E-state index >= 15 is 0 Å². The van der Waals surface area contributed by atoms with Crippen molar-refractivity contribution < 1.29 is 4.79 Å². The molecule has 3 nitrogen and oxygen atoms in total. The number of likely N-dealkylation sites (N-methyl/N-ethyl adjacent to an activating group) is 1. The van der Waals surface area contributed by atoms with E-state index < -0.39 is 0 Å². The molecule has 1 atom stereocenters. The molecule has 0 saturated carbocycles. The Morgan fingerprint density at radius 1 is 1.73 bits per heavy atom. The first kappa shape index (κ1) is 8.27. The number of nitrogens with two attached hydrogens (primary N) is 1. The normalized spacial score (nSPS) is 25.4. The third kappa shape index (κ3) is 1.60. The summed E-state index contributed by atoms with van der Waals surface area (Å²) in [5.41, 5.74) is 5.66. The molecule has 1 saturated heterocycles. The van der Waals surface area contributed by atoms with Gasteiger partial charge in [-0.1, -0.05) is 6.58 Å². The van der Waals surface area contributed by atoms with Crippen molar-refractivity contribution in [2.75, 3.05) is 13.6 Å². The van der Waals surface area contributed by atoms with Crippen molar-refractivity contribution in [3.63, 3.8) is 0 Å². The van der Waals surface area contributed by atoms with Gasteiger partial charge >= 0.3 is 0 Å². The van der Waals surface area contributed by atoms with Gasteiger partial charge in [0, 0.05) is 11.6 Å². The lowest BCUT2D eigenvalue weighted by molar-refractivity contribution is -0.115. The number of carbonyl (C=O) groups is 1. The first-order chi connectivity index (χ1) is 5.13. The molecule has 11 heavy (non-hydrogen) atoms. The zero-order valence-corrected chi connectivity index (χ0v) is 6.84. The highest BCUT2D eigenvalue weighted by atomic mass is 16.1. The van der Waals surface area contributed by atoms with Crippen molar-refractivity contribution in [2.45, 2.75) is 18.9 Å². The Hall–Kier alpha value is -0.830. The maximum Gasteiger partial charge on any atom is 0.245 e. The van der Waals surface area contributed by atoms with Gasteiger partial charge in [-0.3, -0.25) is 9.69 Å². The lowest BCUT2D eigenvalue weighted by Crippen LogP contribution is -2.32. The van der Waals surface area contributed by atoms with Crippen LogP contribution in [-0.4, -0.2) is 30.4 Å². The van der Waals surface area contributed by atoms with Gasteiger partial charge in [0.15, 0.2) is 0 Å². The second-order valence-corrected chi connectivity index (χ2v) is 3.03. The minimum absolute atomic E-state index is 0.187. The van der Waals surface area contributed by atoms with Crippen molar-refractivity contribution in [1.29, 1.82) is 0 Å². The maximum atomic E-state index is 10.7. The molecule has 0 spiro atoms. The van der Waals surface area contributed by atoms with Crippen molar-refractivity contribution in [3.05, 3.63) is 12.2 Å². The van der Waals surface area contributed by atoms with Crippen molar-refractivity contribution >= 4 is 5.91 Å². The smallest absolute Gasteiger partial charge is 0.245 e. The summed E-state index contributed by atoms with van der Waals surface area (Å²) in [6.07, 6.45) is 2.14. The molecular weight excluding hydrogens is 140 g/mol. The summed E-state index contributed by atoms with van der Waals surface area (Å²) in [7, 11) is 1.99. The predicted octanol–water partition coefficient (Wildman–Crippen LogP) is 0.122. The third-order valence-electron chi connectivity index (χ3n) is 2.24. The molecule has 62 valence electrons. The molecule has 0 bridgehead atoms. The lowest BCUT2D eigenvalue weighted by Gasteiger charge is -2.19. The molecule has 0 radical (unpaired) electrons. The van der Waals surface area contributed by atoms with Crippen molar-refractivity contribution in [2.24, 2.45) is 5.73 Å². The fourth-order valence-corrected chi connectivity index (χ4v) is 1.51. The number of primary amides is 1. The van der Waals surface area contributed by atoms with E-state index in [1.807, 2.05) is 7.05 Å². The average Bonchev–Trinajstić information content (AvgIpc) is 2.33. The first-order valence-corrected chi connectivity index (χ1v) is 3.81. The Morgan fingerprint density at radius 2 is 2.36 bits per heavy atom. The molecule has 3 heteroatoms. The molecule has 0 aromatic carbocycles. The van der Waals surface area contributed by atoms with Gasteiger partial charge < -0.3 is 5.73 Å². The van der Waals surface area contributed by atoms with Crippen LogP contribution in [0.2, 0.25) is 0 Å². The molecule has 1 aliphatic heterocycles. The van der Waals surface area contributed by atoms with Crippen LogP contribution >= 0.6 is 0 Å². The van der Waals surface area contributed by atoms with E-state index in [2.05, 4.69) is 11.5 Å². The third-order valence-corrected chi connectivity index (χ3v) is 2.24. The molecule has 1 heterocycles. The van der Waals surface area contributed by atoms with Gasteiger partial charge in [0.05, 0.1) is 0 Å². The molecule has 0 aromatic heterocycles. The number of likely N-dealkylation sites (tertiary alicyclic amines) is 1. The number of amides is 1. The number of hydrogen-bond acceptors (Lipinski definition) is 2. The number of carbonyl (C=O) groups excluding carboxylic acids is 1. The molecule has 2 N–H and O–H groups in total. The van der Waals surface area contributed by atoms with Crippen LogP contribution in [0, 0.1) is 0 Å². The first-order valence-electron chi connectivity index (χ1n) is 3.81. The largest absolute Gasteiger partial charge is 0.366 e. The summed E-state index contributed by atoms with van der Waals surface area (Å²) < 4.78 is 0. The van der Waals surface area contributed by atoms with Gasteiger partial charge in [-0.15, -0.1) is 0 Å². The zero-order valence-electron chi connectivity index (χ0n) is 6.84. The molecule has 1 fully saturated rings. The minimum Gasteiger partial charge on any atom is -0.366 e. The van der Waals surface area contributed by atoms with Crippen LogP contribution in [0.25, 0.3) is 0 Å². The van der Waals surface area contributed by atoms with E-state index in [9.17, 15) is 4.79 Å². The van der Waals surface area contributed by atoms with Gasteiger partial charge in [-0.05, 0) is 26.4 Å². The molecular formula is C8H14N2O. The molecule has 0 aliphatic carbocycles. The molecule has 0 unspecified atom stereocenters. The molecule has 0 aromatic rings. The quantitative estimate of drug-likeness (QED) is 0.574. The van der Waals surface area contributed by atoms with E-state index in [4.69, 9.17) is 5.73 Å². The average molecular weight is 154 g/mol. The SMILES string of the molecule is C=C(C(N)=O)[C@H]1CCCN1C. The van der Waals surface area contributed by atoms with E-state index in [1.54, 1.807) is 0 Å². The highest BCUT2D eigenvalue weighted by Gasteiger charge is 2.25. The van der Waals surface area contributed by atoms with E-state index in [0.717, 1.165) is 19.4 Å². The van der Waals surface area contributed by atoms with Gasteiger partial charge in [0.2, 0.25) is 5.91 Å². The van der Waals surface area contributed by atoms with Crippen molar-refractivity contribution in [1.82, 2.24) is 4.90 Å². The second kappa shape index (κ2) is 3.05. The summed E-state index contributed by atoms with van der Waals surface area (Å²) in [5, 5.41) is 0. The fraction of sp³-hybridized carbons (Fsp3) is 0.625. The van der Waals surface area contributed by atoms with Crippen LogP contribution in [0.3, 0.4) is 0 Å². The highest BCUT2D eigenvalue weighted by molar-refractivity contribution is 5.92. The Kier molecular flexibility index (Phi) is 2.29. The van der Waals surface area contributed by atoms with Gasteiger partial charge in [0.1, 0.15) is 0 Å². The summed E-state index contributed by atoms with van der Waals surface area (Å²) in [6, 6.07) is 0.187. The van der Waals surface area contributed by atoms with Crippen LogP contribution in [0.1, 0.15) is 12.8 Å². The Balaban J connectivity index is 2.60. The van der Waals surface area contributed by atoms with Crippen molar-refractivity contribution in [3.8, 4) is 0 Å². The standard InChI is InChI=1S/C8H14N2O/c1-6(8(9)11)7-4-3-5-10(7)2/h7H,1,3-5H2,2H3,(H2,9,11)/t7-/m1/s1. The van der Waals surface area contributed by atoms with E-state index in [1.165, 1.54) is 0 Å². The summed E-state index contributed by atoms with van der Waals surface area (Å²) in [4.78, 5) is 12.8. The molecule has 1 rings (SSSR count). The Morgan fingerprint density at radius 3 is 2.73 bits per heavy atom. The zero-order chi connectivity index (χ0) is 8.43. The minimum atomic E-state index is -0.372. The Labute approximate surface area is 66.9 Å². The summed E-state index contributed by atoms with van der Waals surface area (Å²) >= 11 is 0. The van der Waals surface area contributed by atoms with Crippen LogP contribution in [0.4, 0.5) is 0 Å². The number of hydrogen-bond donors (Lipinski definition) is 1. The molecule has 1 amide bonds. The van der Waals surface area contributed by atoms with E-state index in [-0.39, 0.29) is 11.9 Å². The number of rotatable bonds is 2. The van der Waals surface area contributed by atoms with Gasteiger partial charge in [-0.25, -0.2) is 0 Å². The maximum absolute atomic E-state index is 10.7. The fourth-order valence-electron chi connectivity index (χ4n) is 1.51. The van der Waals surface area contributed by atoms with Gasteiger partial charge in [-0.2, -0.15) is 0 Å². The Bertz CT molecular complexity index is 189. The number of nitrogens with zero attached hydrogens (tertiary/aromatic N) is 1. The van der Waals surface area contributed by atoms with Crippen LogP contribution in [0.15, 0.2) is 12.2 Å². The lowest BCUT2D eigenvalue weighted by atomic mass is 10.1. The summed E-state index contributed by atoms with van der Waals surface area (Å²) in [5.74, 6) is -0.372. The van der Waals surface area contributed by atoms with Crippen LogP contribution in [-0.2, 0) is 4.79 Å². The van der Waals surface area contributed by atoms with Gasteiger partial charge in [0.25, 0.3) is 0 Å². The predicted molar refractivity (Wildman–Crippen MR) is 44.0 cm³/mol. The highest BCUT2D eigenvalue weighted by Crippen LogP contribution is 2.20. The second-order valence-electron chi connectivity index (χ2n) is 3.03.